The third-order valence-corrected chi connectivity index (χ3v) is 5.87. The second kappa shape index (κ2) is 8.81. The Morgan fingerprint density at radius 1 is 1.10 bits per heavy atom. The number of imidazole rings is 1. The number of fused-ring (bicyclic) bond motifs is 2. The Labute approximate surface area is 182 Å². The summed E-state index contributed by atoms with van der Waals surface area (Å²) < 4.78 is 1.03. The molecule has 0 fully saturated rings. The van der Waals surface area contributed by atoms with Crippen LogP contribution in [-0.2, 0) is 4.79 Å². The molecule has 0 saturated carbocycles. The third-order valence-electron chi connectivity index (χ3n) is 5.22. The topological polar surface area (TPSA) is 113 Å². The maximum absolute atomic E-state index is 13.2. The summed E-state index contributed by atoms with van der Waals surface area (Å²) in [6, 6.07) is 13.0. The molecule has 0 unspecified atom stereocenters. The Kier molecular flexibility index (Phi) is 5.94. The zero-order valence-electron chi connectivity index (χ0n) is 17.2. The first-order chi connectivity index (χ1) is 15.0. The van der Waals surface area contributed by atoms with E-state index >= 15 is 0 Å². The van der Waals surface area contributed by atoms with Crippen LogP contribution < -0.4 is 16.6 Å². The molecule has 160 valence electrons. The van der Waals surface area contributed by atoms with E-state index in [1.165, 1.54) is 0 Å². The standard InChI is InChI=1S/C22H23N5O3S/c1-13(19-24-16-9-5-6-10-17(16)25-19)23-20(28)18(11-12-31-2)27-21(29)14-7-3-4-8-15(14)26-22(27)30/h3-10,13,18H,11-12H2,1-2H3,(H,23,28)(H,24,25)(H,26,30)/t13-,18-/m0/s1. The fourth-order valence-electron chi connectivity index (χ4n) is 3.62. The maximum atomic E-state index is 13.2. The molecule has 0 spiro atoms. The van der Waals surface area contributed by atoms with Crippen LogP contribution in [-0.4, -0.2) is 37.4 Å². The minimum absolute atomic E-state index is 0.348. The highest BCUT2D eigenvalue weighted by Crippen LogP contribution is 2.18. The van der Waals surface area contributed by atoms with Crippen molar-refractivity contribution in [1.82, 2.24) is 24.8 Å². The number of benzene rings is 2. The van der Waals surface area contributed by atoms with E-state index in [0.717, 1.165) is 15.6 Å². The molecule has 8 nitrogen and oxygen atoms in total. The predicted molar refractivity (Wildman–Crippen MR) is 124 cm³/mol. The molecule has 4 rings (SSSR count). The van der Waals surface area contributed by atoms with Gasteiger partial charge in [-0.2, -0.15) is 11.8 Å². The highest BCUT2D eigenvalue weighted by Gasteiger charge is 2.26. The Morgan fingerprint density at radius 3 is 2.55 bits per heavy atom. The van der Waals surface area contributed by atoms with Crippen LogP contribution in [0.2, 0.25) is 0 Å². The van der Waals surface area contributed by atoms with E-state index in [2.05, 4.69) is 20.3 Å². The molecule has 3 N–H and O–H groups in total. The molecule has 9 heteroatoms. The molecule has 0 aliphatic heterocycles. The van der Waals surface area contributed by atoms with Crippen LogP contribution in [0.1, 0.15) is 31.3 Å². The lowest BCUT2D eigenvalue weighted by Gasteiger charge is -2.21. The minimum atomic E-state index is -0.930. The first-order valence-electron chi connectivity index (χ1n) is 9.97. The Balaban J connectivity index is 1.68. The van der Waals surface area contributed by atoms with Crippen molar-refractivity contribution in [2.24, 2.45) is 0 Å². The lowest BCUT2D eigenvalue weighted by Crippen LogP contribution is -2.45. The van der Waals surface area contributed by atoms with Crippen LogP contribution in [0, 0.1) is 0 Å². The largest absolute Gasteiger partial charge is 0.345 e. The van der Waals surface area contributed by atoms with Gasteiger partial charge in [-0.05, 0) is 49.6 Å². The van der Waals surface area contributed by atoms with Crippen molar-refractivity contribution in [3.05, 3.63) is 75.2 Å². The van der Waals surface area contributed by atoms with E-state index in [-0.39, 0.29) is 0 Å². The van der Waals surface area contributed by atoms with Gasteiger partial charge in [0.2, 0.25) is 5.91 Å². The number of hydrogen-bond acceptors (Lipinski definition) is 5. The van der Waals surface area contributed by atoms with E-state index in [1.54, 1.807) is 36.0 Å². The van der Waals surface area contributed by atoms with Crippen molar-refractivity contribution >= 4 is 39.6 Å². The van der Waals surface area contributed by atoms with Gasteiger partial charge in [0.15, 0.2) is 0 Å². The number of aromatic nitrogens is 4. The van der Waals surface area contributed by atoms with Gasteiger partial charge in [0.05, 0.1) is 28.0 Å². The number of rotatable bonds is 7. The zero-order chi connectivity index (χ0) is 22.0. The van der Waals surface area contributed by atoms with Gasteiger partial charge in [0.25, 0.3) is 5.56 Å². The molecular formula is C22H23N5O3S. The van der Waals surface area contributed by atoms with Crippen LogP contribution in [0.25, 0.3) is 21.9 Å². The number of amides is 1. The highest BCUT2D eigenvalue weighted by molar-refractivity contribution is 7.98. The summed E-state index contributed by atoms with van der Waals surface area (Å²) in [6.45, 7) is 1.81. The van der Waals surface area contributed by atoms with Gasteiger partial charge in [0.1, 0.15) is 11.9 Å². The maximum Gasteiger partial charge on any atom is 0.329 e. The number of thioether (sulfide) groups is 1. The lowest BCUT2D eigenvalue weighted by atomic mass is 10.1. The SMILES string of the molecule is CSCC[C@@H](C(=O)N[C@@H](C)c1nc2ccccc2[nH]1)n1c(=O)[nH]c2ccccc2c1=O. The first kappa shape index (κ1) is 20.9. The Hall–Kier alpha value is -3.33. The van der Waals surface area contributed by atoms with Gasteiger partial charge >= 0.3 is 5.69 Å². The molecule has 0 aliphatic rings. The number of para-hydroxylation sites is 3. The summed E-state index contributed by atoms with van der Waals surface area (Å²) >= 11 is 1.55. The summed E-state index contributed by atoms with van der Waals surface area (Å²) in [4.78, 5) is 49.5. The summed E-state index contributed by atoms with van der Waals surface area (Å²) in [5.41, 5.74) is 1.06. The Bertz CT molecular complexity index is 1320. The molecule has 2 aromatic heterocycles. The van der Waals surface area contributed by atoms with Gasteiger partial charge in [0, 0.05) is 0 Å². The van der Waals surface area contributed by atoms with Crippen molar-refractivity contribution < 1.29 is 4.79 Å². The second-order valence-electron chi connectivity index (χ2n) is 7.32. The molecule has 2 atom stereocenters. The van der Waals surface area contributed by atoms with Crippen LogP contribution in [0.15, 0.2) is 58.1 Å². The molecule has 2 aromatic carbocycles. The van der Waals surface area contributed by atoms with Crippen LogP contribution in [0.4, 0.5) is 0 Å². The fraction of sp³-hybridized carbons (Fsp3) is 0.273. The van der Waals surface area contributed by atoms with Crippen molar-refractivity contribution in [2.75, 3.05) is 12.0 Å². The number of H-pyrrole nitrogens is 2. The van der Waals surface area contributed by atoms with Gasteiger partial charge < -0.3 is 15.3 Å². The Morgan fingerprint density at radius 2 is 1.81 bits per heavy atom. The normalized spacial score (nSPS) is 13.4. The monoisotopic (exact) mass is 437 g/mol. The summed E-state index contributed by atoms with van der Waals surface area (Å²) in [7, 11) is 0. The van der Waals surface area contributed by atoms with Crippen molar-refractivity contribution in [2.45, 2.75) is 25.4 Å². The quantitative estimate of drug-likeness (QED) is 0.412. The number of aromatic amines is 2. The van der Waals surface area contributed by atoms with Crippen molar-refractivity contribution in [3.63, 3.8) is 0 Å². The average Bonchev–Trinajstić information content (AvgIpc) is 3.20. The van der Waals surface area contributed by atoms with Crippen molar-refractivity contribution in [1.29, 1.82) is 0 Å². The summed E-state index contributed by atoms with van der Waals surface area (Å²) in [6.07, 6.45) is 2.26. The fourth-order valence-corrected chi connectivity index (χ4v) is 4.08. The molecule has 2 heterocycles. The first-order valence-corrected chi connectivity index (χ1v) is 11.4. The zero-order valence-corrected chi connectivity index (χ0v) is 18.0. The van der Waals surface area contributed by atoms with Gasteiger partial charge in [-0.25, -0.2) is 14.3 Å². The number of carbonyl (C=O) groups excluding carboxylic acids is 1. The minimum Gasteiger partial charge on any atom is -0.345 e. The molecule has 0 radical (unpaired) electrons. The van der Waals surface area contributed by atoms with E-state index in [9.17, 15) is 14.4 Å². The van der Waals surface area contributed by atoms with E-state index in [4.69, 9.17) is 0 Å². The smallest absolute Gasteiger partial charge is 0.329 e. The molecule has 0 saturated heterocycles. The molecule has 0 bridgehead atoms. The third kappa shape index (κ3) is 4.13. The van der Waals surface area contributed by atoms with Crippen molar-refractivity contribution in [3.8, 4) is 0 Å². The van der Waals surface area contributed by atoms with Crippen LogP contribution in [0.3, 0.4) is 0 Å². The van der Waals surface area contributed by atoms with Gasteiger partial charge in [-0.15, -0.1) is 0 Å². The van der Waals surface area contributed by atoms with E-state index < -0.39 is 29.2 Å². The number of hydrogen-bond donors (Lipinski definition) is 3. The molecular weight excluding hydrogens is 414 g/mol. The molecule has 31 heavy (non-hydrogen) atoms. The molecule has 1 amide bonds. The molecule has 0 aliphatic carbocycles. The number of nitrogens with zero attached hydrogens (tertiary/aromatic N) is 2. The number of carbonyl (C=O) groups is 1. The summed E-state index contributed by atoms with van der Waals surface area (Å²) in [5, 5.41) is 3.28. The predicted octanol–water partition coefficient (Wildman–Crippen LogP) is 2.74. The average molecular weight is 438 g/mol. The van der Waals surface area contributed by atoms with Crippen LogP contribution >= 0.6 is 11.8 Å². The van der Waals surface area contributed by atoms with Gasteiger partial charge in [-0.3, -0.25) is 9.59 Å². The van der Waals surface area contributed by atoms with E-state index in [0.29, 0.717) is 28.9 Å². The summed E-state index contributed by atoms with van der Waals surface area (Å²) in [5.74, 6) is 0.832. The second-order valence-corrected chi connectivity index (χ2v) is 8.30. The molecule has 4 aromatic rings. The number of nitrogens with one attached hydrogen (secondary N) is 3. The van der Waals surface area contributed by atoms with Gasteiger partial charge in [-0.1, -0.05) is 24.3 Å². The van der Waals surface area contributed by atoms with E-state index in [1.807, 2.05) is 37.4 Å². The van der Waals surface area contributed by atoms with Crippen LogP contribution in [0.5, 0.6) is 0 Å². The highest BCUT2D eigenvalue weighted by atomic mass is 32.2. The lowest BCUT2D eigenvalue weighted by molar-refractivity contribution is -0.125.